The number of aromatic nitrogens is 1. The zero-order chi connectivity index (χ0) is 15.0. The van der Waals surface area contributed by atoms with Crippen LogP contribution in [0.1, 0.15) is 46.1 Å². The van der Waals surface area contributed by atoms with Gasteiger partial charge in [0.2, 0.25) is 0 Å². The predicted molar refractivity (Wildman–Crippen MR) is 91.3 cm³/mol. The van der Waals surface area contributed by atoms with Crippen LogP contribution in [0.4, 0.5) is 5.82 Å². The van der Waals surface area contributed by atoms with E-state index in [0.717, 1.165) is 49.3 Å². The van der Waals surface area contributed by atoms with Crippen LogP contribution in [0.25, 0.3) is 0 Å². The SMILES string of the molecule is CCCN(CCC)c1ncc(Br)cc1CNCC(C)C. The fourth-order valence-corrected chi connectivity index (χ4v) is 2.63. The fourth-order valence-electron chi connectivity index (χ4n) is 2.25. The first-order valence-electron chi connectivity index (χ1n) is 7.68. The molecule has 0 aliphatic heterocycles. The molecule has 3 nitrogen and oxygen atoms in total. The number of nitrogens with zero attached hydrogens (tertiary/aromatic N) is 2. The summed E-state index contributed by atoms with van der Waals surface area (Å²) in [7, 11) is 0. The van der Waals surface area contributed by atoms with E-state index in [-0.39, 0.29) is 0 Å². The molecule has 0 atom stereocenters. The molecule has 0 aliphatic carbocycles. The molecule has 1 aromatic rings. The highest BCUT2D eigenvalue weighted by atomic mass is 79.9. The monoisotopic (exact) mass is 341 g/mol. The van der Waals surface area contributed by atoms with Gasteiger partial charge in [-0.1, -0.05) is 27.7 Å². The molecule has 0 aliphatic rings. The Morgan fingerprint density at radius 3 is 2.45 bits per heavy atom. The molecule has 0 spiro atoms. The van der Waals surface area contributed by atoms with E-state index < -0.39 is 0 Å². The van der Waals surface area contributed by atoms with Gasteiger partial charge in [0, 0.05) is 35.9 Å². The number of hydrogen-bond acceptors (Lipinski definition) is 3. The van der Waals surface area contributed by atoms with Crippen LogP contribution in [0.5, 0.6) is 0 Å². The average Bonchev–Trinajstić information content (AvgIpc) is 2.38. The summed E-state index contributed by atoms with van der Waals surface area (Å²) in [5.41, 5.74) is 1.28. The molecule has 0 amide bonds. The van der Waals surface area contributed by atoms with Crippen molar-refractivity contribution in [3.63, 3.8) is 0 Å². The Labute approximate surface area is 132 Å². The number of halogens is 1. The third-order valence-electron chi connectivity index (χ3n) is 3.06. The maximum absolute atomic E-state index is 4.65. The lowest BCUT2D eigenvalue weighted by atomic mass is 10.2. The number of hydrogen-bond donors (Lipinski definition) is 1. The Bertz CT molecular complexity index is 387. The van der Waals surface area contributed by atoms with Crippen LogP contribution in [0.3, 0.4) is 0 Å². The second-order valence-electron chi connectivity index (χ2n) is 5.65. The first-order chi connectivity index (χ1) is 9.58. The van der Waals surface area contributed by atoms with Crippen molar-refractivity contribution in [1.82, 2.24) is 10.3 Å². The van der Waals surface area contributed by atoms with Crippen molar-refractivity contribution in [2.24, 2.45) is 5.92 Å². The third kappa shape index (κ3) is 5.80. The molecule has 0 radical (unpaired) electrons. The molecule has 0 unspecified atom stereocenters. The van der Waals surface area contributed by atoms with Gasteiger partial charge in [0.05, 0.1) is 0 Å². The van der Waals surface area contributed by atoms with Crippen molar-refractivity contribution in [1.29, 1.82) is 0 Å². The normalized spacial score (nSPS) is 11.1. The molecule has 4 heteroatoms. The Morgan fingerprint density at radius 1 is 1.25 bits per heavy atom. The summed E-state index contributed by atoms with van der Waals surface area (Å²) in [6.07, 6.45) is 4.20. The van der Waals surface area contributed by atoms with Crippen molar-refractivity contribution in [3.05, 3.63) is 22.3 Å². The summed E-state index contributed by atoms with van der Waals surface area (Å²) < 4.78 is 1.05. The Kier molecular flexibility index (Phi) is 8.15. The first kappa shape index (κ1) is 17.4. The number of pyridine rings is 1. The van der Waals surface area contributed by atoms with E-state index in [1.807, 2.05) is 6.20 Å². The van der Waals surface area contributed by atoms with Gasteiger partial charge in [-0.25, -0.2) is 4.98 Å². The zero-order valence-corrected chi connectivity index (χ0v) is 14.8. The van der Waals surface area contributed by atoms with Gasteiger partial charge in [-0.2, -0.15) is 0 Å². The summed E-state index contributed by atoms with van der Waals surface area (Å²) in [6.45, 7) is 13.0. The second kappa shape index (κ2) is 9.35. The van der Waals surface area contributed by atoms with Crippen molar-refractivity contribution in [2.75, 3.05) is 24.5 Å². The predicted octanol–water partition coefficient (Wildman–Crippen LogP) is 4.22. The van der Waals surface area contributed by atoms with Crippen LogP contribution in [-0.4, -0.2) is 24.6 Å². The molecule has 1 aromatic heterocycles. The zero-order valence-electron chi connectivity index (χ0n) is 13.2. The van der Waals surface area contributed by atoms with Crippen LogP contribution >= 0.6 is 15.9 Å². The summed E-state index contributed by atoms with van der Waals surface area (Å²) in [6, 6.07) is 2.19. The van der Waals surface area contributed by atoms with Crippen LogP contribution in [0, 0.1) is 5.92 Å². The molecule has 0 aromatic carbocycles. The molecule has 0 saturated carbocycles. The van der Waals surface area contributed by atoms with E-state index in [1.165, 1.54) is 5.56 Å². The summed E-state index contributed by atoms with van der Waals surface area (Å²) in [5.74, 6) is 1.80. The van der Waals surface area contributed by atoms with Gasteiger partial charge in [-0.3, -0.25) is 0 Å². The maximum atomic E-state index is 4.65. The summed E-state index contributed by atoms with van der Waals surface area (Å²) in [4.78, 5) is 7.05. The minimum Gasteiger partial charge on any atom is -0.356 e. The van der Waals surface area contributed by atoms with Gasteiger partial charge in [-0.15, -0.1) is 0 Å². The molecule has 0 bridgehead atoms. The van der Waals surface area contributed by atoms with Gasteiger partial charge in [0.25, 0.3) is 0 Å². The van der Waals surface area contributed by atoms with Crippen molar-refractivity contribution in [2.45, 2.75) is 47.1 Å². The van der Waals surface area contributed by atoms with Gasteiger partial charge >= 0.3 is 0 Å². The molecule has 1 N–H and O–H groups in total. The minimum absolute atomic E-state index is 0.668. The van der Waals surface area contributed by atoms with Crippen molar-refractivity contribution >= 4 is 21.7 Å². The number of nitrogens with one attached hydrogen (secondary N) is 1. The summed E-state index contributed by atoms with van der Waals surface area (Å²) in [5, 5.41) is 3.52. The smallest absolute Gasteiger partial charge is 0.133 e. The Hall–Kier alpha value is -0.610. The van der Waals surface area contributed by atoms with Gasteiger partial charge < -0.3 is 10.2 Å². The lowest BCUT2D eigenvalue weighted by Gasteiger charge is -2.25. The van der Waals surface area contributed by atoms with Crippen LogP contribution in [0.15, 0.2) is 16.7 Å². The fraction of sp³-hybridized carbons (Fsp3) is 0.688. The van der Waals surface area contributed by atoms with Crippen LogP contribution < -0.4 is 10.2 Å². The highest BCUT2D eigenvalue weighted by Crippen LogP contribution is 2.22. The van der Waals surface area contributed by atoms with E-state index in [0.29, 0.717) is 5.92 Å². The van der Waals surface area contributed by atoms with Gasteiger partial charge in [0.1, 0.15) is 5.82 Å². The topological polar surface area (TPSA) is 28.2 Å². The highest BCUT2D eigenvalue weighted by Gasteiger charge is 2.12. The van der Waals surface area contributed by atoms with Crippen molar-refractivity contribution in [3.8, 4) is 0 Å². The average molecular weight is 342 g/mol. The quantitative estimate of drug-likeness (QED) is 0.728. The van der Waals surface area contributed by atoms with Crippen LogP contribution in [-0.2, 0) is 6.54 Å². The molecule has 0 fully saturated rings. The minimum atomic E-state index is 0.668. The maximum Gasteiger partial charge on any atom is 0.133 e. The second-order valence-corrected chi connectivity index (χ2v) is 6.56. The Balaban J connectivity index is 2.86. The lowest BCUT2D eigenvalue weighted by Crippen LogP contribution is -2.28. The Morgan fingerprint density at radius 2 is 1.90 bits per heavy atom. The number of rotatable bonds is 9. The largest absolute Gasteiger partial charge is 0.356 e. The van der Waals surface area contributed by atoms with E-state index >= 15 is 0 Å². The van der Waals surface area contributed by atoms with E-state index in [2.05, 4.69) is 64.9 Å². The van der Waals surface area contributed by atoms with Gasteiger partial charge in [-0.05, 0) is 47.3 Å². The molecular formula is C16H28BrN3. The molecule has 0 saturated heterocycles. The standard InChI is InChI=1S/C16H28BrN3/c1-5-7-20(8-6-2)16-14(9-15(17)12-19-16)11-18-10-13(3)4/h9,12-13,18H,5-8,10-11H2,1-4H3. The van der Waals surface area contributed by atoms with E-state index in [9.17, 15) is 0 Å². The molecule has 1 rings (SSSR count). The first-order valence-corrected chi connectivity index (χ1v) is 8.47. The lowest BCUT2D eigenvalue weighted by molar-refractivity contribution is 0.551. The molecule has 114 valence electrons. The van der Waals surface area contributed by atoms with Gasteiger partial charge in [0.15, 0.2) is 0 Å². The van der Waals surface area contributed by atoms with E-state index in [1.54, 1.807) is 0 Å². The van der Waals surface area contributed by atoms with Crippen LogP contribution in [0.2, 0.25) is 0 Å². The third-order valence-corrected chi connectivity index (χ3v) is 3.50. The molecule has 20 heavy (non-hydrogen) atoms. The highest BCUT2D eigenvalue weighted by molar-refractivity contribution is 9.10. The molecule has 1 heterocycles. The summed E-state index contributed by atoms with van der Waals surface area (Å²) >= 11 is 3.54. The van der Waals surface area contributed by atoms with Crippen molar-refractivity contribution < 1.29 is 0 Å². The number of anilines is 1. The van der Waals surface area contributed by atoms with E-state index in [4.69, 9.17) is 0 Å². The molecular weight excluding hydrogens is 314 g/mol.